The molecule has 0 aromatic rings. The average Bonchev–Trinajstić information content (AvgIpc) is 2.35. The first-order valence-corrected chi connectivity index (χ1v) is 6.04. The molecule has 6 nitrogen and oxygen atoms in total. The summed E-state index contributed by atoms with van der Waals surface area (Å²) in [6, 6.07) is 0. The molecule has 1 spiro atoms. The molecule has 9 heteroatoms. The Hall–Kier alpha value is -1.51. The van der Waals surface area contributed by atoms with Gasteiger partial charge in [0.2, 0.25) is 0 Å². The minimum atomic E-state index is -5.08. The topological polar surface area (TPSA) is 78.9 Å². The number of hydrogen-bond donors (Lipinski definition) is 2. The third-order valence-corrected chi connectivity index (χ3v) is 3.39. The fourth-order valence-electron chi connectivity index (χ4n) is 2.29. The van der Waals surface area contributed by atoms with Crippen molar-refractivity contribution in [2.45, 2.75) is 19.0 Å². The van der Waals surface area contributed by atoms with E-state index in [9.17, 15) is 18.0 Å². The number of ether oxygens (including phenoxy) is 1. The fraction of sp³-hybridized carbons (Fsp3) is 0.818. The maximum Gasteiger partial charge on any atom is 0.490 e. The summed E-state index contributed by atoms with van der Waals surface area (Å²) in [5, 5.41) is 10.5. The van der Waals surface area contributed by atoms with Gasteiger partial charge in [0.1, 0.15) is 0 Å². The highest BCUT2D eigenvalue weighted by Crippen LogP contribution is 2.38. The Balaban J connectivity index is 0.000000246. The van der Waals surface area contributed by atoms with E-state index in [2.05, 4.69) is 10.1 Å². The first kappa shape index (κ1) is 16.5. The molecule has 0 saturated carbocycles. The van der Waals surface area contributed by atoms with Crippen molar-refractivity contribution in [2.24, 2.45) is 5.41 Å². The van der Waals surface area contributed by atoms with E-state index in [1.54, 1.807) is 4.90 Å². The third-order valence-electron chi connectivity index (χ3n) is 3.39. The van der Waals surface area contributed by atoms with E-state index < -0.39 is 12.1 Å². The number of likely N-dealkylation sites (tertiary alicyclic amines) is 1. The molecular formula is C11H17F3N2O4. The van der Waals surface area contributed by atoms with Crippen LogP contribution in [0.2, 0.25) is 0 Å². The number of carbonyl (C=O) groups excluding carboxylic acids is 1. The summed E-state index contributed by atoms with van der Waals surface area (Å²) in [6.45, 7) is 3.97. The van der Waals surface area contributed by atoms with Crippen LogP contribution in [0.4, 0.5) is 18.0 Å². The van der Waals surface area contributed by atoms with Crippen LogP contribution in [-0.4, -0.2) is 61.5 Å². The minimum absolute atomic E-state index is 0.177. The SMILES string of the molecule is COC(=O)N1CC2(CCNCC2)C1.O=C(O)C(F)(F)F. The van der Waals surface area contributed by atoms with Gasteiger partial charge in [0, 0.05) is 18.5 Å². The summed E-state index contributed by atoms with van der Waals surface area (Å²) in [6.07, 6.45) is -2.87. The van der Waals surface area contributed by atoms with E-state index in [4.69, 9.17) is 9.90 Å². The molecule has 1 amide bonds. The first-order chi connectivity index (χ1) is 9.20. The Morgan fingerprint density at radius 2 is 1.70 bits per heavy atom. The van der Waals surface area contributed by atoms with Gasteiger partial charge in [-0.05, 0) is 25.9 Å². The molecule has 2 saturated heterocycles. The van der Waals surface area contributed by atoms with Crippen LogP contribution in [0, 0.1) is 5.41 Å². The Kier molecular flexibility index (Phi) is 5.21. The molecule has 0 unspecified atom stereocenters. The van der Waals surface area contributed by atoms with Gasteiger partial charge >= 0.3 is 18.2 Å². The van der Waals surface area contributed by atoms with Crippen LogP contribution in [0.25, 0.3) is 0 Å². The van der Waals surface area contributed by atoms with Crippen molar-refractivity contribution >= 4 is 12.1 Å². The van der Waals surface area contributed by atoms with Crippen molar-refractivity contribution in [1.82, 2.24) is 10.2 Å². The van der Waals surface area contributed by atoms with Crippen LogP contribution >= 0.6 is 0 Å². The lowest BCUT2D eigenvalue weighted by Crippen LogP contribution is -2.61. The number of piperidine rings is 1. The quantitative estimate of drug-likeness (QED) is 0.699. The largest absolute Gasteiger partial charge is 0.490 e. The van der Waals surface area contributed by atoms with Crippen LogP contribution in [0.15, 0.2) is 0 Å². The second-order valence-corrected chi connectivity index (χ2v) is 4.88. The molecular weight excluding hydrogens is 281 g/mol. The summed E-state index contributed by atoms with van der Waals surface area (Å²) in [7, 11) is 1.44. The second kappa shape index (κ2) is 6.29. The molecule has 2 heterocycles. The van der Waals surface area contributed by atoms with Crippen molar-refractivity contribution in [1.29, 1.82) is 0 Å². The molecule has 116 valence electrons. The predicted molar refractivity (Wildman–Crippen MR) is 62.2 cm³/mol. The highest BCUT2D eigenvalue weighted by Gasteiger charge is 2.45. The number of hydrogen-bond acceptors (Lipinski definition) is 4. The van der Waals surface area contributed by atoms with Crippen molar-refractivity contribution < 1.29 is 32.6 Å². The van der Waals surface area contributed by atoms with Crippen LogP contribution in [0.1, 0.15) is 12.8 Å². The number of carboxylic acid groups (broad SMARTS) is 1. The van der Waals surface area contributed by atoms with Gasteiger partial charge in [0.25, 0.3) is 0 Å². The van der Waals surface area contributed by atoms with Crippen molar-refractivity contribution in [3.63, 3.8) is 0 Å². The average molecular weight is 298 g/mol. The van der Waals surface area contributed by atoms with Gasteiger partial charge in [-0.2, -0.15) is 13.2 Å². The van der Waals surface area contributed by atoms with Crippen molar-refractivity contribution in [3.05, 3.63) is 0 Å². The molecule has 0 radical (unpaired) electrons. The number of rotatable bonds is 0. The molecule has 2 fully saturated rings. The van der Waals surface area contributed by atoms with Gasteiger partial charge in [-0.25, -0.2) is 9.59 Å². The summed E-state index contributed by atoms with van der Waals surface area (Å²) < 4.78 is 36.4. The van der Waals surface area contributed by atoms with Crippen LogP contribution in [-0.2, 0) is 9.53 Å². The molecule has 2 rings (SSSR count). The van der Waals surface area contributed by atoms with E-state index in [1.807, 2.05) is 0 Å². The van der Waals surface area contributed by atoms with Gasteiger partial charge in [-0.15, -0.1) is 0 Å². The lowest BCUT2D eigenvalue weighted by Gasteiger charge is -2.51. The van der Waals surface area contributed by atoms with Crippen LogP contribution in [0.5, 0.6) is 0 Å². The molecule has 20 heavy (non-hydrogen) atoms. The normalized spacial score (nSPS) is 20.5. The number of methoxy groups -OCH3 is 1. The number of nitrogens with zero attached hydrogens (tertiary/aromatic N) is 1. The lowest BCUT2D eigenvalue weighted by molar-refractivity contribution is -0.192. The number of carbonyl (C=O) groups is 2. The fourth-order valence-corrected chi connectivity index (χ4v) is 2.29. The summed E-state index contributed by atoms with van der Waals surface area (Å²) in [5.74, 6) is -2.76. The van der Waals surface area contributed by atoms with Gasteiger partial charge in [-0.1, -0.05) is 0 Å². The molecule has 2 aliphatic rings. The van der Waals surface area contributed by atoms with E-state index in [0.717, 1.165) is 26.2 Å². The van der Waals surface area contributed by atoms with Gasteiger partial charge in [0.15, 0.2) is 0 Å². The first-order valence-electron chi connectivity index (χ1n) is 6.04. The Morgan fingerprint density at radius 1 is 1.25 bits per heavy atom. The van der Waals surface area contributed by atoms with E-state index >= 15 is 0 Å². The number of nitrogens with one attached hydrogen (secondary N) is 1. The van der Waals surface area contributed by atoms with E-state index in [0.29, 0.717) is 5.41 Å². The summed E-state index contributed by atoms with van der Waals surface area (Å²) in [4.78, 5) is 21.8. The molecule has 0 aromatic carbocycles. The minimum Gasteiger partial charge on any atom is -0.475 e. The highest BCUT2D eigenvalue weighted by atomic mass is 19.4. The maximum atomic E-state index is 11.1. The van der Waals surface area contributed by atoms with Gasteiger partial charge < -0.3 is 20.1 Å². The van der Waals surface area contributed by atoms with E-state index in [1.165, 1.54) is 20.0 Å². The maximum absolute atomic E-state index is 11.1. The predicted octanol–water partition coefficient (Wildman–Crippen LogP) is 1.07. The molecule has 0 bridgehead atoms. The highest BCUT2D eigenvalue weighted by molar-refractivity contribution is 5.73. The van der Waals surface area contributed by atoms with Crippen molar-refractivity contribution in [2.75, 3.05) is 33.3 Å². The number of halogens is 3. The number of alkyl halides is 3. The standard InChI is InChI=1S/C9H16N2O2.C2HF3O2/c1-13-8(12)11-6-9(7-11)2-4-10-5-3-9;3-2(4,5)1(6)7/h10H,2-7H2,1H3;(H,6,7). The Labute approximate surface area is 113 Å². The zero-order valence-corrected chi connectivity index (χ0v) is 11.0. The Bertz CT molecular complexity index is 359. The number of amides is 1. The summed E-state index contributed by atoms with van der Waals surface area (Å²) in [5.41, 5.74) is 0.416. The molecule has 0 aromatic heterocycles. The Morgan fingerprint density at radius 3 is 2.05 bits per heavy atom. The molecule has 2 N–H and O–H groups in total. The van der Waals surface area contributed by atoms with Crippen molar-refractivity contribution in [3.8, 4) is 0 Å². The lowest BCUT2D eigenvalue weighted by atomic mass is 9.73. The zero-order valence-electron chi connectivity index (χ0n) is 11.0. The smallest absolute Gasteiger partial charge is 0.475 e. The van der Waals surface area contributed by atoms with E-state index in [-0.39, 0.29) is 6.09 Å². The molecule has 0 atom stereocenters. The monoisotopic (exact) mass is 298 g/mol. The second-order valence-electron chi connectivity index (χ2n) is 4.88. The van der Waals surface area contributed by atoms with Crippen LogP contribution in [0.3, 0.4) is 0 Å². The zero-order chi connectivity index (χ0) is 15.4. The van der Waals surface area contributed by atoms with Crippen LogP contribution < -0.4 is 5.32 Å². The van der Waals surface area contributed by atoms with Gasteiger partial charge in [0.05, 0.1) is 7.11 Å². The molecule has 2 aliphatic heterocycles. The third kappa shape index (κ3) is 4.26. The van der Waals surface area contributed by atoms with Gasteiger partial charge in [-0.3, -0.25) is 0 Å². The number of carboxylic acids is 1. The molecule has 0 aliphatic carbocycles. The summed E-state index contributed by atoms with van der Waals surface area (Å²) >= 11 is 0. The number of aliphatic carboxylic acids is 1.